The van der Waals surface area contributed by atoms with Crippen LogP contribution in [0.1, 0.15) is 25.3 Å². The van der Waals surface area contributed by atoms with Gasteiger partial charge in [0.05, 0.1) is 5.02 Å². The van der Waals surface area contributed by atoms with Crippen molar-refractivity contribution in [2.24, 2.45) is 5.92 Å². The topological polar surface area (TPSA) is 58.6 Å². The molecule has 0 N–H and O–H groups in total. The number of carbonyl (C=O) groups is 1. The van der Waals surface area contributed by atoms with Gasteiger partial charge in [-0.25, -0.2) is 9.97 Å². The summed E-state index contributed by atoms with van der Waals surface area (Å²) in [6.07, 6.45) is 3.58. The zero-order valence-corrected chi connectivity index (χ0v) is 16.3. The van der Waals surface area contributed by atoms with E-state index in [1.807, 2.05) is 36.1 Å². The highest BCUT2D eigenvalue weighted by molar-refractivity contribution is 6.32. The molecular weight excluding hydrogens is 364 g/mol. The second-order valence-corrected chi connectivity index (χ2v) is 7.76. The summed E-state index contributed by atoms with van der Waals surface area (Å²) >= 11 is 6.21. The number of aryl methyl sites for hydroxylation is 1. The molecule has 1 saturated carbocycles. The fourth-order valence-electron chi connectivity index (χ4n) is 3.42. The Labute approximate surface area is 164 Å². The molecule has 0 unspecified atom stereocenters. The summed E-state index contributed by atoms with van der Waals surface area (Å²) in [5, 5.41) is 0.543. The smallest absolute Gasteiger partial charge is 0.226 e. The third kappa shape index (κ3) is 4.00. The Morgan fingerprint density at radius 3 is 2.78 bits per heavy atom. The highest BCUT2D eigenvalue weighted by Crippen LogP contribution is 2.33. The summed E-state index contributed by atoms with van der Waals surface area (Å²) in [7, 11) is 0. The van der Waals surface area contributed by atoms with E-state index in [9.17, 15) is 4.79 Å². The summed E-state index contributed by atoms with van der Waals surface area (Å²) in [6, 6.07) is 7.62. The van der Waals surface area contributed by atoms with E-state index in [2.05, 4.69) is 21.8 Å². The van der Waals surface area contributed by atoms with Crippen LogP contribution in [0.3, 0.4) is 0 Å². The molecule has 7 heteroatoms. The first-order valence-corrected chi connectivity index (χ1v) is 9.70. The lowest BCUT2D eigenvalue weighted by atomic mass is 10.1. The van der Waals surface area contributed by atoms with Crippen LogP contribution in [-0.4, -0.2) is 46.5 Å². The average Bonchev–Trinajstić information content (AvgIpc) is 3.50. The van der Waals surface area contributed by atoms with Gasteiger partial charge in [-0.2, -0.15) is 0 Å². The van der Waals surface area contributed by atoms with E-state index in [1.54, 1.807) is 0 Å². The van der Waals surface area contributed by atoms with Crippen LogP contribution in [-0.2, 0) is 4.79 Å². The minimum absolute atomic E-state index is 0.164. The Bertz CT molecular complexity index is 856. The van der Waals surface area contributed by atoms with E-state index < -0.39 is 0 Å². The predicted octanol–water partition coefficient (Wildman–Crippen LogP) is 3.68. The molecule has 1 aliphatic heterocycles. The van der Waals surface area contributed by atoms with Crippen molar-refractivity contribution >= 4 is 23.3 Å². The van der Waals surface area contributed by atoms with Crippen molar-refractivity contribution in [2.75, 3.05) is 24.5 Å². The number of nitrogens with zero attached hydrogens (tertiary/aromatic N) is 4. The lowest BCUT2D eigenvalue weighted by Crippen LogP contribution is -2.54. The van der Waals surface area contributed by atoms with Gasteiger partial charge in [-0.1, -0.05) is 17.7 Å². The second-order valence-electron chi connectivity index (χ2n) is 7.35. The number of ether oxygens (including phenoxy) is 1. The Kier molecular flexibility index (Phi) is 4.91. The molecule has 2 heterocycles. The number of hydrogen-bond donors (Lipinski definition) is 0. The molecule has 0 radical (unpaired) electrons. The summed E-state index contributed by atoms with van der Waals surface area (Å²) in [4.78, 5) is 25.2. The molecule has 1 amide bonds. The van der Waals surface area contributed by atoms with Crippen LogP contribution >= 0.6 is 11.6 Å². The van der Waals surface area contributed by atoms with Gasteiger partial charge in [-0.15, -0.1) is 0 Å². The van der Waals surface area contributed by atoms with Crippen LogP contribution in [0.4, 0.5) is 5.82 Å². The maximum Gasteiger partial charge on any atom is 0.226 e. The van der Waals surface area contributed by atoms with Crippen LogP contribution < -0.4 is 9.64 Å². The molecule has 2 aromatic rings. The van der Waals surface area contributed by atoms with E-state index in [0.29, 0.717) is 22.6 Å². The standard InChI is InChI=1S/C20H23ClN4O2/c1-13-3-6-16(21)17(9-13)27-19-10-18(22-12-23-19)24-7-8-25(14(2)11-24)20(26)15-4-5-15/h3,6,9-10,12,14-15H,4-5,7-8,11H2,1-2H3/t14-/m0/s1. The highest BCUT2D eigenvalue weighted by atomic mass is 35.5. The van der Waals surface area contributed by atoms with Gasteiger partial charge in [0.15, 0.2) is 0 Å². The number of anilines is 1. The van der Waals surface area contributed by atoms with E-state index >= 15 is 0 Å². The first kappa shape index (κ1) is 18.0. The van der Waals surface area contributed by atoms with Gasteiger partial charge in [-0.05, 0) is 44.4 Å². The lowest BCUT2D eigenvalue weighted by Gasteiger charge is -2.40. The molecule has 142 valence electrons. The zero-order chi connectivity index (χ0) is 19.0. The molecule has 2 fully saturated rings. The number of hydrogen-bond acceptors (Lipinski definition) is 5. The number of benzene rings is 1. The van der Waals surface area contributed by atoms with Crippen molar-refractivity contribution in [2.45, 2.75) is 32.7 Å². The maximum atomic E-state index is 12.4. The zero-order valence-electron chi connectivity index (χ0n) is 15.6. The second kappa shape index (κ2) is 7.35. The fourth-order valence-corrected chi connectivity index (χ4v) is 3.57. The maximum absolute atomic E-state index is 12.4. The lowest BCUT2D eigenvalue weighted by molar-refractivity contribution is -0.134. The molecule has 1 aromatic heterocycles. The molecule has 6 nitrogen and oxygen atoms in total. The number of piperazine rings is 1. The summed E-state index contributed by atoms with van der Waals surface area (Å²) in [5.74, 6) is 2.40. The van der Waals surface area contributed by atoms with Crippen LogP contribution in [0.2, 0.25) is 5.02 Å². The Balaban J connectivity index is 1.46. The van der Waals surface area contributed by atoms with Crippen molar-refractivity contribution < 1.29 is 9.53 Å². The Morgan fingerprint density at radius 2 is 2.04 bits per heavy atom. The SMILES string of the molecule is Cc1ccc(Cl)c(Oc2cc(N3CCN(C(=O)C4CC4)[C@@H](C)C3)ncn2)c1. The minimum Gasteiger partial charge on any atom is -0.437 e. The van der Waals surface area contributed by atoms with Gasteiger partial charge in [-0.3, -0.25) is 4.79 Å². The fraction of sp³-hybridized carbons (Fsp3) is 0.450. The normalized spacial score (nSPS) is 19.9. The summed E-state index contributed by atoms with van der Waals surface area (Å²) < 4.78 is 5.87. The van der Waals surface area contributed by atoms with Gasteiger partial charge in [0.2, 0.25) is 11.8 Å². The average molecular weight is 387 g/mol. The molecule has 1 aliphatic carbocycles. The van der Waals surface area contributed by atoms with Crippen molar-refractivity contribution in [3.63, 3.8) is 0 Å². The molecule has 1 aromatic carbocycles. The molecule has 2 aliphatic rings. The largest absolute Gasteiger partial charge is 0.437 e. The number of carbonyl (C=O) groups excluding carboxylic acids is 1. The predicted molar refractivity (Wildman–Crippen MR) is 104 cm³/mol. The van der Waals surface area contributed by atoms with Gasteiger partial charge in [0.1, 0.15) is 17.9 Å². The van der Waals surface area contributed by atoms with Gasteiger partial charge >= 0.3 is 0 Å². The molecular formula is C20H23ClN4O2. The van der Waals surface area contributed by atoms with E-state index in [4.69, 9.17) is 16.3 Å². The third-order valence-corrected chi connectivity index (χ3v) is 5.40. The van der Waals surface area contributed by atoms with Gasteiger partial charge in [0, 0.05) is 37.7 Å². The van der Waals surface area contributed by atoms with Crippen molar-refractivity contribution in [3.05, 3.63) is 41.2 Å². The Hall–Kier alpha value is -2.34. The third-order valence-electron chi connectivity index (χ3n) is 5.09. The summed E-state index contributed by atoms with van der Waals surface area (Å²) in [6.45, 7) is 6.31. The molecule has 0 bridgehead atoms. The van der Waals surface area contributed by atoms with Crippen molar-refractivity contribution in [1.82, 2.24) is 14.9 Å². The first-order valence-electron chi connectivity index (χ1n) is 9.33. The van der Waals surface area contributed by atoms with Gasteiger partial charge < -0.3 is 14.5 Å². The van der Waals surface area contributed by atoms with Crippen LogP contribution in [0.5, 0.6) is 11.6 Å². The minimum atomic E-state index is 0.164. The molecule has 4 rings (SSSR count). The molecule has 1 saturated heterocycles. The number of amides is 1. The molecule has 1 atom stereocenters. The van der Waals surface area contributed by atoms with E-state index in [-0.39, 0.29) is 12.0 Å². The summed E-state index contributed by atoms with van der Waals surface area (Å²) in [5.41, 5.74) is 1.06. The molecule has 0 spiro atoms. The number of halogens is 1. The Morgan fingerprint density at radius 1 is 1.22 bits per heavy atom. The van der Waals surface area contributed by atoms with Crippen LogP contribution in [0.15, 0.2) is 30.6 Å². The number of aromatic nitrogens is 2. The van der Waals surface area contributed by atoms with Crippen LogP contribution in [0.25, 0.3) is 0 Å². The first-order chi connectivity index (χ1) is 13.0. The van der Waals surface area contributed by atoms with Crippen LogP contribution in [0, 0.1) is 12.8 Å². The van der Waals surface area contributed by atoms with Crippen molar-refractivity contribution in [1.29, 1.82) is 0 Å². The number of rotatable bonds is 4. The monoisotopic (exact) mass is 386 g/mol. The quantitative estimate of drug-likeness (QED) is 0.802. The van der Waals surface area contributed by atoms with Crippen molar-refractivity contribution in [3.8, 4) is 11.6 Å². The van der Waals surface area contributed by atoms with E-state index in [1.165, 1.54) is 6.33 Å². The van der Waals surface area contributed by atoms with E-state index in [0.717, 1.165) is 43.9 Å². The van der Waals surface area contributed by atoms with Gasteiger partial charge in [0.25, 0.3) is 0 Å². The molecule has 27 heavy (non-hydrogen) atoms. The highest BCUT2D eigenvalue weighted by Gasteiger charge is 2.37.